The fourth-order valence-electron chi connectivity index (χ4n) is 6.57. The average molecular weight is 673 g/mol. The van der Waals surface area contributed by atoms with Crippen LogP contribution in [0.3, 0.4) is 0 Å². The minimum absolute atomic E-state index is 0.0217. The number of amides is 2. The largest absolute Gasteiger partial charge is 0.464 e. The van der Waals surface area contributed by atoms with Gasteiger partial charge in [0, 0.05) is 23.5 Å². The van der Waals surface area contributed by atoms with E-state index >= 15 is 0 Å². The van der Waals surface area contributed by atoms with Gasteiger partial charge in [-0.1, -0.05) is 104 Å². The number of aliphatic hydroxyl groups is 1. The molecule has 0 radical (unpaired) electrons. The first kappa shape index (κ1) is 37.6. The summed E-state index contributed by atoms with van der Waals surface area (Å²) in [6.07, 6.45) is 2.12. The van der Waals surface area contributed by atoms with Crippen molar-refractivity contribution in [2.24, 2.45) is 16.7 Å². The predicted molar refractivity (Wildman–Crippen MR) is 190 cm³/mol. The Labute approximate surface area is 290 Å². The molecule has 2 aromatic carbocycles. The van der Waals surface area contributed by atoms with Crippen LogP contribution in [0.1, 0.15) is 92.2 Å². The summed E-state index contributed by atoms with van der Waals surface area (Å²) in [6, 6.07) is 13.6. The van der Waals surface area contributed by atoms with Gasteiger partial charge in [0.25, 0.3) is 0 Å². The molecule has 9 nitrogen and oxygen atoms in total. The van der Waals surface area contributed by atoms with E-state index in [4.69, 9.17) is 9.47 Å². The topological polar surface area (TPSA) is 131 Å². The number of allylic oxidation sites excluding steroid dienone is 2. The average Bonchev–Trinajstić information content (AvgIpc) is 3.33. The van der Waals surface area contributed by atoms with Crippen LogP contribution in [0.15, 0.2) is 71.8 Å². The zero-order valence-corrected chi connectivity index (χ0v) is 30.3. The maximum atomic E-state index is 14.0. The highest BCUT2D eigenvalue weighted by Crippen LogP contribution is 2.45. The number of esters is 1. The second kappa shape index (κ2) is 14.7. The van der Waals surface area contributed by atoms with Gasteiger partial charge in [0.1, 0.15) is 24.3 Å². The molecule has 1 unspecified atom stereocenters. The summed E-state index contributed by atoms with van der Waals surface area (Å²) in [6.45, 7) is 17.0. The fraction of sp³-hybridized carbons (Fsp3) is 0.500. The third kappa shape index (κ3) is 8.87. The number of fused-ring (bicyclic) bond motifs is 3. The SMILES string of the molecule is CCOC(=O)[C@H](CC(C)C)NC(=O)C(CC1(O)C=C(C(C)(C)C)C(=O)C(C(C)(C)C)=C1)NC(=O)OCC1c2ccccc2-c2ccccc21. The molecule has 2 atom stereocenters. The Balaban J connectivity index is 1.65. The van der Waals surface area contributed by atoms with Gasteiger partial charge in [-0.3, -0.25) is 9.59 Å². The molecule has 0 spiro atoms. The van der Waals surface area contributed by atoms with Crippen molar-refractivity contribution in [3.05, 3.63) is 83.0 Å². The molecule has 0 saturated heterocycles. The predicted octanol–water partition coefficient (Wildman–Crippen LogP) is 6.64. The summed E-state index contributed by atoms with van der Waals surface area (Å²) in [5.41, 5.74) is 2.05. The van der Waals surface area contributed by atoms with Gasteiger partial charge in [-0.05, 0) is 64.5 Å². The number of hydrogen-bond donors (Lipinski definition) is 3. The number of carbonyl (C=O) groups excluding carboxylic acids is 4. The Morgan fingerprint density at radius 1 is 0.816 bits per heavy atom. The van der Waals surface area contributed by atoms with Crippen LogP contribution in [0.2, 0.25) is 0 Å². The third-order valence-electron chi connectivity index (χ3n) is 8.97. The number of nitrogens with one attached hydrogen (secondary N) is 2. The molecule has 0 fully saturated rings. The van der Waals surface area contributed by atoms with Crippen molar-refractivity contribution in [3.63, 3.8) is 0 Å². The van der Waals surface area contributed by atoms with Crippen molar-refractivity contribution in [2.45, 2.75) is 98.8 Å². The van der Waals surface area contributed by atoms with Crippen LogP contribution in [-0.4, -0.2) is 59.8 Å². The van der Waals surface area contributed by atoms with Crippen LogP contribution >= 0.6 is 0 Å². The van der Waals surface area contributed by atoms with E-state index < -0.39 is 46.5 Å². The molecule has 9 heteroatoms. The van der Waals surface area contributed by atoms with E-state index in [1.54, 1.807) is 6.92 Å². The van der Waals surface area contributed by atoms with Gasteiger partial charge in [0.2, 0.25) is 5.91 Å². The highest BCUT2D eigenvalue weighted by molar-refractivity contribution is 6.11. The lowest BCUT2D eigenvalue weighted by atomic mass is 9.69. The standard InChI is InChI=1S/C40H52N2O7/c1-10-48-36(45)32(19-24(2)3)41-35(44)33(22-40(47)20-30(38(4,5)6)34(43)31(21-40)39(7,8)9)42-37(46)49-23-29-27-17-13-11-15-25(27)26-16-12-14-18-28(26)29/h11-18,20-21,24,29,32-33,47H,10,19,22-23H2,1-9H3,(H,41,44)(H,42,46)/t32-,33?/m0/s1. The lowest BCUT2D eigenvalue weighted by molar-refractivity contribution is -0.148. The molecule has 4 rings (SSSR count). The maximum absolute atomic E-state index is 14.0. The molecule has 2 amide bonds. The first-order valence-electron chi connectivity index (χ1n) is 17.2. The second-order valence-electron chi connectivity index (χ2n) is 15.6. The molecule has 0 saturated carbocycles. The number of hydrogen-bond acceptors (Lipinski definition) is 7. The third-order valence-corrected chi connectivity index (χ3v) is 8.97. The molecular weight excluding hydrogens is 620 g/mol. The van der Waals surface area contributed by atoms with Gasteiger partial charge < -0.3 is 25.2 Å². The summed E-state index contributed by atoms with van der Waals surface area (Å²) in [4.78, 5) is 54.0. The van der Waals surface area contributed by atoms with E-state index in [0.29, 0.717) is 17.6 Å². The van der Waals surface area contributed by atoms with E-state index in [1.165, 1.54) is 12.2 Å². The number of carbonyl (C=O) groups is 4. The lowest BCUT2D eigenvalue weighted by Gasteiger charge is -2.38. The number of alkyl carbamates (subject to hydrolysis) is 1. The smallest absolute Gasteiger partial charge is 0.407 e. The minimum atomic E-state index is -1.78. The number of ether oxygens (including phenoxy) is 2. The quantitative estimate of drug-likeness (QED) is 0.228. The molecule has 0 heterocycles. The van der Waals surface area contributed by atoms with Gasteiger partial charge in [0.05, 0.1) is 6.61 Å². The van der Waals surface area contributed by atoms with E-state index in [0.717, 1.165) is 22.3 Å². The molecule has 0 aromatic heterocycles. The Morgan fingerprint density at radius 2 is 1.33 bits per heavy atom. The van der Waals surface area contributed by atoms with Crippen molar-refractivity contribution in [3.8, 4) is 11.1 Å². The normalized spacial score (nSPS) is 16.9. The molecule has 3 N–H and O–H groups in total. The van der Waals surface area contributed by atoms with Crippen molar-refractivity contribution in [1.29, 1.82) is 0 Å². The van der Waals surface area contributed by atoms with E-state index in [-0.39, 0.29) is 37.3 Å². The second-order valence-corrected chi connectivity index (χ2v) is 15.6. The summed E-state index contributed by atoms with van der Waals surface area (Å²) >= 11 is 0. The van der Waals surface area contributed by atoms with E-state index in [2.05, 4.69) is 10.6 Å². The monoisotopic (exact) mass is 672 g/mol. The molecule has 2 aromatic rings. The van der Waals surface area contributed by atoms with Gasteiger partial charge in [-0.25, -0.2) is 9.59 Å². The highest BCUT2D eigenvalue weighted by Gasteiger charge is 2.43. The molecule has 264 valence electrons. The Hall–Kier alpha value is -4.24. The summed E-state index contributed by atoms with van der Waals surface area (Å²) in [5.74, 6) is -1.60. The number of ketones is 1. The van der Waals surface area contributed by atoms with E-state index in [1.807, 2.05) is 104 Å². The summed E-state index contributed by atoms with van der Waals surface area (Å²) < 4.78 is 11.0. The van der Waals surface area contributed by atoms with Crippen molar-refractivity contribution >= 4 is 23.8 Å². The van der Waals surface area contributed by atoms with Gasteiger partial charge in [-0.2, -0.15) is 0 Å². The maximum Gasteiger partial charge on any atom is 0.407 e. The molecule has 2 aliphatic carbocycles. The first-order valence-corrected chi connectivity index (χ1v) is 17.2. The minimum Gasteiger partial charge on any atom is -0.464 e. The first-order chi connectivity index (χ1) is 22.8. The molecule has 0 bridgehead atoms. The van der Waals surface area contributed by atoms with Crippen LogP contribution < -0.4 is 10.6 Å². The Bertz CT molecular complexity index is 1560. The van der Waals surface area contributed by atoms with E-state index in [9.17, 15) is 24.3 Å². The molecular formula is C40H52N2O7. The Kier molecular flexibility index (Phi) is 11.3. The molecule has 49 heavy (non-hydrogen) atoms. The van der Waals surface area contributed by atoms with Crippen LogP contribution in [0.5, 0.6) is 0 Å². The summed E-state index contributed by atoms with van der Waals surface area (Å²) in [5, 5.41) is 17.6. The van der Waals surface area contributed by atoms with Crippen molar-refractivity contribution in [2.75, 3.05) is 13.2 Å². The van der Waals surface area contributed by atoms with Crippen molar-refractivity contribution < 1.29 is 33.8 Å². The van der Waals surface area contributed by atoms with Crippen LogP contribution in [0.4, 0.5) is 4.79 Å². The van der Waals surface area contributed by atoms with Gasteiger partial charge in [-0.15, -0.1) is 0 Å². The van der Waals surface area contributed by atoms with Crippen LogP contribution in [-0.2, 0) is 23.9 Å². The zero-order chi connectivity index (χ0) is 36.3. The number of benzene rings is 2. The zero-order valence-electron chi connectivity index (χ0n) is 30.3. The summed E-state index contributed by atoms with van der Waals surface area (Å²) in [7, 11) is 0. The molecule has 0 aliphatic heterocycles. The Morgan fingerprint density at radius 3 is 1.80 bits per heavy atom. The van der Waals surface area contributed by atoms with Gasteiger partial charge in [0.15, 0.2) is 5.78 Å². The van der Waals surface area contributed by atoms with Crippen molar-refractivity contribution in [1.82, 2.24) is 10.6 Å². The number of rotatable bonds is 11. The van der Waals surface area contributed by atoms with Gasteiger partial charge >= 0.3 is 12.1 Å². The fourth-order valence-corrected chi connectivity index (χ4v) is 6.57. The lowest BCUT2D eigenvalue weighted by Crippen LogP contribution is -2.55. The van der Waals surface area contributed by atoms with Crippen LogP contribution in [0.25, 0.3) is 11.1 Å². The highest BCUT2D eigenvalue weighted by atomic mass is 16.5. The number of Topliss-reactive ketones (excluding diaryl/α,β-unsaturated/α-hetero) is 1. The molecule has 2 aliphatic rings. The van der Waals surface area contributed by atoms with Crippen LogP contribution in [0, 0.1) is 16.7 Å².